The Morgan fingerprint density at radius 1 is 1.05 bits per heavy atom. The van der Waals surface area contributed by atoms with E-state index in [9.17, 15) is 9.90 Å². The van der Waals surface area contributed by atoms with Gasteiger partial charge in [-0.1, -0.05) is 0 Å². The largest absolute Gasteiger partial charge is 0.508 e. The monoisotopic (exact) mass is 269 g/mol. The van der Waals surface area contributed by atoms with Gasteiger partial charge in [-0.15, -0.1) is 0 Å². The smallest absolute Gasteiger partial charge is 0.323 e. The lowest BCUT2D eigenvalue weighted by atomic mass is 10.2. The van der Waals surface area contributed by atoms with E-state index in [-0.39, 0.29) is 17.2 Å². The average molecular weight is 269 g/mol. The first-order valence-corrected chi connectivity index (χ1v) is 5.68. The van der Waals surface area contributed by atoms with Crippen molar-refractivity contribution in [2.45, 2.75) is 0 Å². The summed E-state index contributed by atoms with van der Waals surface area (Å²) in [5.41, 5.74) is 1.18. The van der Waals surface area contributed by atoms with Gasteiger partial charge in [0.1, 0.15) is 11.5 Å². The second kappa shape index (κ2) is 5.63. The second-order valence-electron chi connectivity index (χ2n) is 3.97. The van der Waals surface area contributed by atoms with Crippen LogP contribution >= 0.6 is 0 Å². The number of hydrogen-bond acceptors (Lipinski definition) is 4. The van der Waals surface area contributed by atoms with Crippen molar-refractivity contribution in [1.29, 1.82) is 5.26 Å². The molecule has 0 bridgehead atoms. The molecule has 0 radical (unpaired) electrons. The lowest BCUT2D eigenvalue weighted by Gasteiger charge is -2.09. The molecule has 2 amide bonds. The van der Waals surface area contributed by atoms with Gasteiger partial charge in [-0.2, -0.15) is 5.26 Å². The zero-order valence-electron chi connectivity index (χ0n) is 10.3. The zero-order chi connectivity index (χ0) is 14.5. The molecule has 6 nitrogen and oxygen atoms in total. The minimum absolute atomic E-state index is 0.0967. The summed E-state index contributed by atoms with van der Waals surface area (Å²) in [6.07, 6.45) is 0. The number of nitrogens with zero attached hydrogens (tertiary/aromatic N) is 1. The summed E-state index contributed by atoms with van der Waals surface area (Å²) in [5.74, 6) is -0.333. The van der Waals surface area contributed by atoms with E-state index in [0.717, 1.165) is 6.07 Å². The van der Waals surface area contributed by atoms with Crippen molar-refractivity contribution in [3.05, 3.63) is 48.0 Å². The van der Waals surface area contributed by atoms with Crippen LogP contribution in [0, 0.1) is 11.3 Å². The number of nitrogens with one attached hydrogen (secondary N) is 2. The van der Waals surface area contributed by atoms with Crippen molar-refractivity contribution in [2.24, 2.45) is 0 Å². The highest BCUT2D eigenvalue weighted by atomic mass is 16.3. The Morgan fingerprint density at radius 3 is 2.35 bits per heavy atom. The van der Waals surface area contributed by atoms with Crippen LogP contribution in [0.2, 0.25) is 0 Å². The molecule has 0 spiro atoms. The van der Waals surface area contributed by atoms with Crippen LogP contribution in [0.25, 0.3) is 0 Å². The summed E-state index contributed by atoms with van der Waals surface area (Å²) in [6, 6.07) is 11.6. The zero-order valence-corrected chi connectivity index (χ0v) is 10.3. The molecule has 0 aliphatic carbocycles. The standard InChI is InChI=1S/C14H11N3O3/c15-8-9-1-3-10(4-2-9)16-14(20)17-12-6-5-11(18)7-13(12)19/h1-7,18-19H,(H2,16,17,20). The highest BCUT2D eigenvalue weighted by Crippen LogP contribution is 2.27. The van der Waals surface area contributed by atoms with Crippen LogP contribution in [0.3, 0.4) is 0 Å². The molecule has 0 aliphatic rings. The third-order valence-electron chi connectivity index (χ3n) is 2.50. The molecule has 2 rings (SSSR count). The van der Waals surface area contributed by atoms with Crippen molar-refractivity contribution < 1.29 is 15.0 Å². The molecule has 0 saturated carbocycles. The highest BCUT2D eigenvalue weighted by Gasteiger charge is 2.07. The fourth-order valence-corrected chi connectivity index (χ4v) is 1.54. The number of phenols is 2. The number of urea groups is 1. The molecule has 20 heavy (non-hydrogen) atoms. The fourth-order valence-electron chi connectivity index (χ4n) is 1.54. The summed E-state index contributed by atoms with van der Waals surface area (Å²) < 4.78 is 0. The van der Waals surface area contributed by atoms with Gasteiger partial charge < -0.3 is 20.8 Å². The number of nitriles is 1. The topological polar surface area (TPSA) is 105 Å². The number of carbonyl (C=O) groups is 1. The Balaban J connectivity index is 2.03. The lowest BCUT2D eigenvalue weighted by Crippen LogP contribution is -2.19. The summed E-state index contributed by atoms with van der Waals surface area (Å²) in [6.45, 7) is 0. The van der Waals surface area contributed by atoms with E-state index in [4.69, 9.17) is 10.4 Å². The first kappa shape index (κ1) is 13.2. The van der Waals surface area contributed by atoms with Gasteiger partial charge in [0.2, 0.25) is 0 Å². The minimum Gasteiger partial charge on any atom is -0.508 e. The molecule has 0 aromatic heterocycles. The number of anilines is 2. The Kier molecular flexibility index (Phi) is 3.72. The average Bonchev–Trinajstić information content (AvgIpc) is 2.43. The normalized spacial score (nSPS) is 9.55. The third kappa shape index (κ3) is 3.17. The van der Waals surface area contributed by atoms with Crippen LogP contribution in [0.1, 0.15) is 5.56 Å². The van der Waals surface area contributed by atoms with Gasteiger partial charge in [0.15, 0.2) is 0 Å². The van der Waals surface area contributed by atoms with E-state index in [0.29, 0.717) is 11.3 Å². The second-order valence-corrected chi connectivity index (χ2v) is 3.97. The number of rotatable bonds is 2. The summed E-state index contributed by atoms with van der Waals surface area (Å²) in [4.78, 5) is 11.7. The Labute approximate surface area is 114 Å². The van der Waals surface area contributed by atoms with Crippen LogP contribution in [-0.2, 0) is 0 Å². The summed E-state index contributed by atoms with van der Waals surface area (Å²) in [5, 5.41) is 32.3. The van der Waals surface area contributed by atoms with Crippen molar-refractivity contribution in [1.82, 2.24) is 0 Å². The van der Waals surface area contributed by atoms with E-state index in [1.54, 1.807) is 24.3 Å². The molecule has 0 unspecified atom stereocenters. The van der Waals surface area contributed by atoms with Gasteiger partial charge in [-0.3, -0.25) is 0 Å². The maximum atomic E-state index is 11.7. The van der Waals surface area contributed by atoms with Gasteiger partial charge >= 0.3 is 6.03 Å². The van der Waals surface area contributed by atoms with Gasteiger partial charge in [-0.25, -0.2) is 4.79 Å². The molecule has 2 aromatic rings. The van der Waals surface area contributed by atoms with E-state index in [2.05, 4.69) is 10.6 Å². The third-order valence-corrected chi connectivity index (χ3v) is 2.50. The molecule has 0 aliphatic heterocycles. The first-order chi connectivity index (χ1) is 9.58. The maximum absolute atomic E-state index is 11.7. The summed E-state index contributed by atoms with van der Waals surface area (Å²) >= 11 is 0. The molecule has 100 valence electrons. The number of benzene rings is 2. The van der Waals surface area contributed by atoms with E-state index in [1.807, 2.05) is 6.07 Å². The number of hydrogen-bond donors (Lipinski definition) is 4. The van der Waals surface area contributed by atoms with Crippen molar-refractivity contribution in [3.63, 3.8) is 0 Å². The first-order valence-electron chi connectivity index (χ1n) is 5.68. The minimum atomic E-state index is -0.546. The molecule has 4 N–H and O–H groups in total. The van der Waals surface area contributed by atoms with Gasteiger partial charge in [0, 0.05) is 11.8 Å². The molecule has 0 atom stereocenters. The van der Waals surface area contributed by atoms with Crippen LogP contribution in [-0.4, -0.2) is 16.2 Å². The number of carbonyl (C=O) groups excluding carboxylic acids is 1. The van der Waals surface area contributed by atoms with Crippen molar-refractivity contribution in [3.8, 4) is 17.6 Å². The number of aromatic hydroxyl groups is 2. The highest BCUT2D eigenvalue weighted by molar-refractivity contribution is 6.00. The van der Waals surface area contributed by atoms with Gasteiger partial charge in [0.25, 0.3) is 0 Å². The summed E-state index contributed by atoms with van der Waals surface area (Å²) in [7, 11) is 0. The molecule has 0 fully saturated rings. The maximum Gasteiger partial charge on any atom is 0.323 e. The van der Waals surface area contributed by atoms with Crippen molar-refractivity contribution >= 4 is 17.4 Å². The van der Waals surface area contributed by atoms with Gasteiger partial charge in [0.05, 0.1) is 17.3 Å². The predicted octanol–water partition coefficient (Wildman–Crippen LogP) is 2.61. The van der Waals surface area contributed by atoms with Crippen LogP contribution in [0.15, 0.2) is 42.5 Å². The molecule has 6 heteroatoms. The number of phenolic OH excluding ortho intramolecular Hbond substituents is 2. The fraction of sp³-hybridized carbons (Fsp3) is 0. The van der Waals surface area contributed by atoms with Gasteiger partial charge in [-0.05, 0) is 36.4 Å². The Hall–Kier alpha value is -3.20. The van der Waals surface area contributed by atoms with Crippen LogP contribution < -0.4 is 10.6 Å². The molecule has 0 heterocycles. The molecular formula is C14H11N3O3. The van der Waals surface area contributed by atoms with Crippen LogP contribution in [0.4, 0.5) is 16.2 Å². The molecule has 2 aromatic carbocycles. The van der Waals surface area contributed by atoms with E-state index in [1.165, 1.54) is 12.1 Å². The quantitative estimate of drug-likeness (QED) is 0.496. The Bertz CT molecular complexity index is 675. The van der Waals surface area contributed by atoms with E-state index < -0.39 is 6.03 Å². The SMILES string of the molecule is N#Cc1ccc(NC(=O)Nc2ccc(O)cc2O)cc1. The predicted molar refractivity (Wildman–Crippen MR) is 73.6 cm³/mol. The molecular weight excluding hydrogens is 258 g/mol. The lowest BCUT2D eigenvalue weighted by molar-refractivity contribution is 0.262. The van der Waals surface area contributed by atoms with Crippen molar-refractivity contribution in [2.75, 3.05) is 10.6 Å². The number of amides is 2. The molecule has 0 saturated heterocycles. The van der Waals surface area contributed by atoms with E-state index >= 15 is 0 Å². The Morgan fingerprint density at radius 2 is 1.75 bits per heavy atom. The van der Waals surface area contributed by atoms with Crippen LogP contribution in [0.5, 0.6) is 11.5 Å².